The number of hydrogen-bond acceptors (Lipinski definition) is 3. The maximum absolute atomic E-state index is 13.5. The first-order chi connectivity index (χ1) is 17.5. The summed E-state index contributed by atoms with van der Waals surface area (Å²) in [6.45, 7) is 7.91. The van der Waals surface area contributed by atoms with E-state index in [1.165, 1.54) is 18.4 Å². The van der Waals surface area contributed by atoms with Crippen molar-refractivity contribution in [3.63, 3.8) is 0 Å². The van der Waals surface area contributed by atoms with Crippen LogP contribution in [0.25, 0.3) is 22.0 Å². The van der Waals surface area contributed by atoms with Crippen LogP contribution in [0.1, 0.15) is 62.0 Å². The summed E-state index contributed by atoms with van der Waals surface area (Å²) in [6.07, 6.45) is 11.9. The van der Waals surface area contributed by atoms with Gasteiger partial charge >= 0.3 is 5.97 Å². The minimum absolute atomic E-state index is 0.294. The van der Waals surface area contributed by atoms with E-state index in [2.05, 4.69) is 79.1 Å². The van der Waals surface area contributed by atoms with Gasteiger partial charge in [0, 0.05) is 23.0 Å². The van der Waals surface area contributed by atoms with E-state index in [1.54, 1.807) is 0 Å². The number of hydrogen-bond donors (Lipinski definition) is 0. The quantitative estimate of drug-likeness (QED) is 0.293. The summed E-state index contributed by atoms with van der Waals surface area (Å²) in [5.41, 5.74) is 5.94. The number of fused-ring (bicyclic) bond motifs is 1. The molecule has 0 radical (unpaired) electrons. The molecule has 4 heteroatoms. The van der Waals surface area contributed by atoms with Gasteiger partial charge in [-0.3, -0.25) is 0 Å². The third-order valence-corrected chi connectivity index (χ3v) is 6.92. The molecule has 2 aromatic carbocycles. The van der Waals surface area contributed by atoms with E-state index in [9.17, 15) is 4.79 Å². The zero-order valence-electron chi connectivity index (χ0n) is 21.5. The van der Waals surface area contributed by atoms with Crippen LogP contribution >= 0.6 is 0 Å². The average Bonchev–Trinajstić information content (AvgIpc) is 3.68. The lowest BCUT2D eigenvalue weighted by atomic mass is 9.95. The van der Waals surface area contributed by atoms with Crippen LogP contribution in [-0.4, -0.2) is 23.8 Å². The molecule has 1 heterocycles. The molecule has 3 aromatic rings. The summed E-state index contributed by atoms with van der Waals surface area (Å²) >= 11 is 0. The molecule has 186 valence electrons. The zero-order chi connectivity index (χ0) is 25.1. The molecular formula is C32H35NO3. The number of ether oxygens (including phenoxy) is 2. The second-order valence-corrected chi connectivity index (χ2v) is 10.0. The van der Waals surface area contributed by atoms with Crippen molar-refractivity contribution in [3.8, 4) is 11.1 Å². The largest absolute Gasteiger partial charge is 0.494 e. The molecule has 2 aliphatic carbocycles. The van der Waals surface area contributed by atoms with E-state index in [0.717, 1.165) is 46.4 Å². The van der Waals surface area contributed by atoms with Gasteiger partial charge in [0.15, 0.2) is 0 Å². The molecule has 2 aliphatic rings. The van der Waals surface area contributed by atoms with Gasteiger partial charge in [-0.1, -0.05) is 68.5 Å². The fraction of sp³-hybridized carbons (Fsp3) is 0.344. The molecule has 0 amide bonds. The molecule has 1 fully saturated rings. The van der Waals surface area contributed by atoms with Crippen molar-refractivity contribution in [2.45, 2.75) is 52.5 Å². The number of para-hydroxylation sites is 1. The van der Waals surface area contributed by atoms with Crippen LogP contribution in [-0.2, 0) is 16.0 Å². The van der Waals surface area contributed by atoms with Crippen LogP contribution in [0.3, 0.4) is 0 Å². The van der Waals surface area contributed by atoms with Crippen molar-refractivity contribution >= 4 is 16.9 Å². The van der Waals surface area contributed by atoms with Gasteiger partial charge in [0.05, 0.1) is 13.2 Å². The van der Waals surface area contributed by atoms with Crippen LogP contribution in [0.5, 0.6) is 0 Å². The molecule has 0 saturated heterocycles. The Morgan fingerprint density at radius 1 is 1.11 bits per heavy atom. The molecule has 1 aromatic heterocycles. The van der Waals surface area contributed by atoms with Crippen molar-refractivity contribution < 1.29 is 14.3 Å². The molecule has 0 atom stereocenters. The second kappa shape index (κ2) is 10.6. The van der Waals surface area contributed by atoms with Gasteiger partial charge in [-0.05, 0) is 72.9 Å². The molecule has 4 nitrogen and oxygen atoms in total. The molecule has 0 aliphatic heterocycles. The van der Waals surface area contributed by atoms with E-state index in [1.807, 2.05) is 19.1 Å². The lowest BCUT2D eigenvalue weighted by Crippen LogP contribution is -2.14. The van der Waals surface area contributed by atoms with E-state index in [0.29, 0.717) is 30.7 Å². The fourth-order valence-corrected chi connectivity index (χ4v) is 4.80. The van der Waals surface area contributed by atoms with Gasteiger partial charge in [0.2, 0.25) is 0 Å². The number of carbonyl (C=O) groups excluding carboxylic acids is 1. The highest BCUT2D eigenvalue weighted by Crippen LogP contribution is 2.37. The first-order valence-corrected chi connectivity index (χ1v) is 13.1. The summed E-state index contributed by atoms with van der Waals surface area (Å²) in [7, 11) is 0. The first-order valence-electron chi connectivity index (χ1n) is 13.1. The Bertz CT molecular complexity index is 1350. The zero-order valence-corrected chi connectivity index (χ0v) is 21.5. The SMILES string of the molecule is CCOC(=O)c1c(-c2cccc(C(C)C)c2)c2ccccc2n1CC1=CC(OCC2CC2)=CCC=C1. The number of aromatic nitrogens is 1. The highest BCUT2D eigenvalue weighted by atomic mass is 16.5. The van der Waals surface area contributed by atoms with Gasteiger partial charge < -0.3 is 14.0 Å². The fourth-order valence-electron chi connectivity index (χ4n) is 4.80. The monoisotopic (exact) mass is 481 g/mol. The Morgan fingerprint density at radius 2 is 1.94 bits per heavy atom. The number of rotatable bonds is 9. The van der Waals surface area contributed by atoms with E-state index >= 15 is 0 Å². The molecule has 36 heavy (non-hydrogen) atoms. The topological polar surface area (TPSA) is 40.5 Å². The van der Waals surface area contributed by atoms with Crippen molar-refractivity contribution in [1.29, 1.82) is 0 Å². The van der Waals surface area contributed by atoms with Crippen LogP contribution in [0.4, 0.5) is 0 Å². The Kier molecular flexibility index (Phi) is 7.13. The summed E-state index contributed by atoms with van der Waals surface area (Å²) in [6, 6.07) is 16.8. The van der Waals surface area contributed by atoms with Crippen LogP contribution in [0, 0.1) is 5.92 Å². The van der Waals surface area contributed by atoms with Crippen molar-refractivity contribution in [3.05, 3.63) is 95.4 Å². The van der Waals surface area contributed by atoms with Crippen molar-refractivity contribution in [2.75, 3.05) is 13.2 Å². The van der Waals surface area contributed by atoms with E-state index in [-0.39, 0.29) is 5.97 Å². The minimum atomic E-state index is -0.294. The molecule has 0 bridgehead atoms. The molecule has 1 saturated carbocycles. The first kappa shape index (κ1) is 24.2. The predicted molar refractivity (Wildman–Crippen MR) is 146 cm³/mol. The normalized spacial score (nSPS) is 15.6. The molecule has 5 rings (SSSR count). The number of carbonyl (C=O) groups is 1. The molecule has 0 N–H and O–H groups in total. The van der Waals surface area contributed by atoms with Crippen LogP contribution in [0.2, 0.25) is 0 Å². The number of allylic oxidation sites excluding steroid dienone is 5. The Balaban J connectivity index is 1.63. The van der Waals surface area contributed by atoms with Gasteiger partial charge in [-0.25, -0.2) is 4.79 Å². The summed E-state index contributed by atoms with van der Waals surface area (Å²) in [5, 5.41) is 1.06. The minimum Gasteiger partial charge on any atom is -0.494 e. The summed E-state index contributed by atoms with van der Waals surface area (Å²) < 4.78 is 13.8. The highest BCUT2D eigenvalue weighted by Gasteiger charge is 2.26. The average molecular weight is 482 g/mol. The smallest absolute Gasteiger partial charge is 0.355 e. The second-order valence-electron chi connectivity index (χ2n) is 10.0. The molecule has 0 unspecified atom stereocenters. The molecule has 0 spiro atoms. The van der Waals surface area contributed by atoms with Crippen molar-refractivity contribution in [1.82, 2.24) is 4.57 Å². The summed E-state index contributed by atoms with van der Waals surface area (Å²) in [5.74, 6) is 1.72. The van der Waals surface area contributed by atoms with Gasteiger partial charge in [0.25, 0.3) is 0 Å². The maximum atomic E-state index is 13.5. The lowest BCUT2D eigenvalue weighted by Gasteiger charge is -2.14. The number of nitrogens with zero attached hydrogens (tertiary/aromatic N) is 1. The summed E-state index contributed by atoms with van der Waals surface area (Å²) in [4.78, 5) is 13.5. The Morgan fingerprint density at radius 3 is 2.72 bits per heavy atom. The molecular weight excluding hydrogens is 446 g/mol. The highest BCUT2D eigenvalue weighted by molar-refractivity contribution is 6.08. The number of benzene rings is 2. The third kappa shape index (κ3) is 5.18. The Labute approximate surface area is 213 Å². The Hall–Kier alpha value is -3.53. The lowest BCUT2D eigenvalue weighted by molar-refractivity contribution is 0.0516. The standard InChI is InChI=1S/C32H35NO3/c1-4-35-32(34)31-30(26-12-9-11-25(19-26)22(2)3)28-14-7-8-15-29(28)33(31)20-24-10-5-6-13-27(18-24)36-21-23-16-17-23/h5,7-15,18-19,22-23H,4,6,16-17,20-21H2,1-3H3. The maximum Gasteiger partial charge on any atom is 0.355 e. The number of esters is 1. The predicted octanol–water partition coefficient (Wildman–Crippen LogP) is 7.81. The van der Waals surface area contributed by atoms with Crippen molar-refractivity contribution in [2.24, 2.45) is 5.92 Å². The van der Waals surface area contributed by atoms with Crippen LogP contribution < -0.4 is 0 Å². The van der Waals surface area contributed by atoms with Gasteiger partial charge in [-0.2, -0.15) is 0 Å². The van der Waals surface area contributed by atoms with Crippen LogP contribution in [0.15, 0.2) is 84.2 Å². The third-order valence-electron chi connectivity index (χ3n) is 6.92. The van der Waals surface area contributed by atoms with Gasteiger partial charge in [-0.15, -0.1) is 0 Å². The van der Waals surface area contributed by atoms with E-state index in [4.69, 9.17) is 9.47 Å². The van der Waals surface area contributed by atoms with E-state index < -0.39 is 0 Å². The van der Waals surface area contributed by atoms with Gasteiger partial charge in [0.1, 0.15) is 11.5 Å².